The molecule has 5 aromatic carbocycles. The lowest BCUT2D eigenvalue weighted by molar-refractivity contribution is 0.426. The lowest BCUT2D eigenvalue weighted by atomic mass is 9.80. The van der Waals surface area contributed by atoms with Crippen molar-refractivity contribution in [1.82, 2.24) is 14.5 Å². The van der Waals surface area contributed by atoms with Crippen molar-refractivity contribution in [2.24, 2.45) is 0 Å². The predicted molar refractivity (Wildman–Crippen MR) is 163 cm³/mol. The summed E-state index contributed by atoms with van der Waals surface area (Å²) in [6, 6.07) is 44.3. The van der Waals surface area contributed by atoms with E-state index in [1.165, 1.54) is 0 Å². The van der Waals surface area contributed by atoms with Gasteiger partial charge < -0.3 is 14.6 Å². The van der Waals surface area contributed by atoms with Crippen molar-refractivity contribution < 1.29 is 10.0 Å². The molecule has 0 aliphatic rings. The molecule has 0 unspecified atom stereocenters. The molecule has 40 heavy (non-hydrogen) atoms. The van der Waals surface area contributed by atoms with Crippen LogP contribution in [0.5, 0.6) is 0 Å². The number of hydrogen-bond acceptors (Lipinski definition) is 4. The smallest absolute Gasteiger partial charge is 0.423 e. The fraction of sp³-hybridized carbons (Fsp3) is 0. The number of para-hydroxylation sites is 1. The van der Waals surface area contributed by atoms with Crippen LogP contribution >= 0.6 is 0 Å². The second-order valence-corrected chi connectivity index (χ2v) is 9.75. The van der Waals surface area contributed by atoms with E-state index in [1.54, 1.807) is 6.07 Å². The Kier molecular flexibility index (Phi) is 5.97. The summed E-state index contributed by atoms with van der Waals surface area (Å²) in [4.78, 5) is 10.0. The number of nitrogens with zero attached hydrogens (tertiary/aromatic N) is 3. The molecule has 7 rings (SSSR count). The number of fused-ring (bicyclic) bond motifs is 3. The molecule has 0 bridgehead atoms. The van der Waals surface area contributed by atoms with Gasteiger partial charge in [-0.25, -0.2) is 9.97 Å². The number of rotatable bonds is 5. The highest BCUT2D eigenvalue weighted by molar-refractivity contribution is 6.59. The molecule has 0 radical (unpaired) electrons. The van der Waals surface area contributed by atoms with Gasteiger partial charge in [-0.1, -0.05) is 103 Å². The maximum Gasteiger partial charge on any atom is 0.488 e. The van der Waals surface area contributed by atoms with Crippen molar-refractivity contribution >= 4 is 34.4 Å². The van der Waals surface area contributed by atoms with E-state index in [0.717, 1.165) is 55.6 Å². The fourth-order valence-corrected chi connectivity index (χ4v) is 5.30. The van der Waals surface area contributed by atoms with E-state index in [1.807, 2.05) is 78.9 Å². The van der Waals surface area contributed by atoms with Crippen LogP contribution in [0.3, 0.4) is 0 Å². The molecule has 0 saturated carbocycles. The van der Waals surface area contributed by atoms with Gasteiger partial charge in [0.05, 0.1) is 22.4 Å². The van der Waals surface area contributed by atoms with Crippen molar-refractivity contribution in [3.8, 4) is 39.6 Å². The third-order valence-electron chi connectivity index (χ3n) is 7.22. The SMILES string of the molecule is OB(O)c1ccc2c(c1)c1ccccc1n2-c1cccc(-c2nc(-c3ccccc3)cc(-c3ccccc3)n2)c1. The van der Waals surface area contributed by atoms with Gasteiger partial charge in [0, 0.05) is 33.2 Å². The van der Waals surface area contributed by atoms with Gasteiger partial charge in [-0.2, -0.15) is 0 Å². The molecule has 0 aliphatic carbocycles. The Balaban J connectivity index is 1.43. The molecule has 0 atom stereocenters. The zero-order valence-electron chi connectivity index (χ0n) is 21.5. The maximum absolute atomic E-state index is 9.79. The molecule has 0 spiro atoms. The van der Waals surface area contributed by atoms with Crippen LogP contribution in [0.4, 0.5) is 0 Å². The molecule has 2 N–H and O–H groups in total. The van der Waals surface area contributed by atoms with Crippen LogP contribution in [0.1, 0.15) is 0 Å². The first kappa shape index (κ1) is 24.0. The Morgan fingerprint density at radius 2 is 1.10 bits per heavy atom. The summed E-state index contributed by atoms with van der Waals surface area (Å²) in [6.07, 6.45) is 0. The molecule has 0 amide bonds. The van der Waals surface area contributed by atoms with Crippen LogP contribution in [0.25, 0.3) is 61.4 Å². The van der Waals surface area contributed by atoms with Crippen LogP contribution in [-0.2, 0) is 0 Å². The first-order valence-electron chi connectivity index (χ1n) is 13.2. The van der Waals surface area contributed by atoms with Crippen LogP contribution in [0, 0.1) is 0 Å². The first-order valence-corrected chi connectivity index (χ1v) is 13.2. The van der Waals surface area contributed by atoms with Gasteiger partial charge in [0.2, 0.25) is 0 Å². The maximum atomic E-state index is 9.79. The highest BCUT2D eigenvalue weighted by atomic mass is 16.4. The molecule has 2 heterocycles. The Morgan fingerprint density at radius 1 is 0.500 bits per heavy atom. The number of aromatic nitrogens is 3. The molecule has 0 fully saturated rings. The summed E-state index contributed by atoms with van der Waals surface area (Å²) >= 11 is 0. The van der Waals surface area contributed by atoms with Crippen LogP contribution in [0.15, 0.2) is 133 Å². The molecule has 5 nitrogen and oxygen atoms in total. The average Bonchev–Trinajstić information content (AvgIpc) is 3.35. The van der Waals surface area contributed by atoms with Crippen molar-refractivity contribution in [3.63, 3.8) is 0 Å². The normalized spacial score (nSPS) is 11.2. The van der Waals surface area contributed by atoms with E-state index in [0.29, 0.717) is 11.3 Å². The largest absolute Gasteiger partial charge is 0.488 e. The molecule has 2 aromatic heterocycles. The summed E-state index contributed by atoms with van der Waals surface area (Å²) in [5, 5.41) is 21.6. The third kappa shape index (κ3) is 4.26. The Bertz CT molecular complexity index is 1930. The molecule has 7 aromatic rings. The zero-order chi connectivity index (χ0) is 27.1. The van der Waals surface area contributed by atoms with Gasteiger partial charge in [0.1, 0.15) is 0 Å². The molecular weight excluding hydrogens is 493 g/mol. The molecule has 6 heteroatoms. The minimum Gasteiger partial charge on any atom is -0.423 e. The highest BCUT2D eigenvalue weighted by Gasteiger charge is 2.17. The topological polar surface area (TPSA) is 71.2 Å². The van der Waals surface area contributed by atoms with E-state index < -0.39 is 7.12 Å². The summed E-state index contributed by atoms with van der Waals surface area (Å²) in [5.74, 6) is 0.647. The van der Waals surface area contributed by atoms with Crippen molar-refractivity contribution in [3.05, 3.63) is 133 Å². The number of hydrogen-bond donors (Lipinski definition) is 2. The first-order chi connectivity index (χ1) is 19.7. The van der Waals surface area contributed by atoms with Gasteiger partial charge in [-0.3, -0.25) is 0 Å². The third-order valence-corrected chi connectivity index (χ3v) is 7.22. The van der Waals surface area contributed by atoms with E-state index in [-0.39, 0.29) is 0 Å². The van der Waals surface area contributed by atoms with Crippen molar-refractivity contribution in [1.29, 1.82) is 0 Å². The minimum absolute atomic E-state index is 0.462. The lowest BCUT2D eigenvalue weighted by Gasteiger charge is -2.12. The van der Waals surface area contributed by atoms with Crippen molar-refractivity contribution in [2.75, 3.05) is 0 Å². The average molecular weight is 517 g/mol. The van der Waals surface area contributed by atoms with Gasteiger partial charge in [0.15, 0.2) is 5.82 Å². The van der Waals surface area contributed by atoms with E-state index in [4.69, 9.17) is 9.97 Å². The second-order valence-electron chi connectivity index (χ2n) is 9.75. The minimum atomic E-state index is -1.53. The summed E-state index contributed by atoms with van der Waals surface area (Å²) in [6.45, 7) is 0. The van der Waals surface area contributed by atoms with Crippen LogP contribution < -0.4 is 5.46 Å². The lowest BCUT2D eigenvalue weighted by Crippen LogP contribution is -2.29. The van der Waals surface area contributed by atoms with Gasteiger partial charge in [-0.15, -0.1) is 0 Å². The Morgan fingerprint density at radius 3 is 1.77 bits per heavy atom. The van der Waals surface area contributed by atoms with E-state index in [9.17, 15) is 10.0 Å². The van der Waals surface area contributed by atoms with Gasteiger partial charge >= 0.3 is 7.12 Å². The predicted octanol–water partition coefficient (Wildman–Crippen LogP) is 6.25. The number of benzene rings is 5. The molecule has 190 valence electrons. The van der Waals surface area contributed by atoms with Crippen molar-refractivity contribution in [2.45, 2.75) is 0 Å². The molecule has 0 aliphatic heterocycles. The monoisotopic (exact) mass is 517 g/mol. The summed E-state index contributed by atoms with van der Waals surface area (Å²) in [5.41, 5.74) is 8.13. The van der Waals surface area contributed by atoms with E-state index in [2.05, 4.69) is 53.1 Å². The Labute approximate surface area is 231 Å². The quantitative estimate of drug-likeness (QED) is 0.265. The highest BCUT2D eigenvalue weighted by Crippen LogP contribution is 2.33. The Hall–Kier alpha value is -5.04. The van der Waals surface area contributed by atoms with Crippen LogP contribution in [-0.4, -0.2) is 31.7 Å². The van der Waals surface area contributed by atoms with E-state index >= 15 is 0 Å². The standard InChI is InChI=1S/C34H24BN3O2/c39-35(40)26-18-19-33-29(21-26)28-16-7-8-17-32(28)38(33)27-15-9-14-25(20-27)34-36-30(23-10-3-1-4-11-23)22-31(37-34)24-12-5-2-6-13-24/h1-22,39-40H. The molecule has 0 saturated heterocycles. The zero-order valence-corrected chi connectivity index (χ0v) is 21.5. The fourth-order valence-electron chi connectivity index (χ4n) is 5.30. The summed E-state index contributed by atoms with van der Waals surface area (Å²) in [7, 11) is -1.53. The second kappa shape index (κ2) is 9.93. The summed E-state index contributed by atoms with van der Waals surface area (Å²) < 4.78 is 2.20. The van der Waals surface area contributed by atoms with Crippen LogP contribution in [0.2, 0.25) is 0 Å². The van der Waals surface area contributed by atoms with Gasteiger partial charge in [0.25, 0.3) is 0 Å². The van der Waals surface area contributed by atoms with Gasteiger partial charge in [-0.05, 0) is 35.8 Å². The molecular formula is C34H24BN3O2.